The zero-order valence-electron chi connectivity index (χ0n) is 18.7. The van der Waals surface area contributed by atoms with Gasteiger partial charge in [0.15, 0.2) is 0 Å². The van der Waals surface area contributed by atoms with E-state index < -0.39 is 5.91 Å². The molecular formula is C22H37N3O7. The Morgan fingerprint density at radius 1 is 0.719 bits per heavy atom. The molecule has 0 unspecified atom stereocenters. The van der Waals surface area contributed by atoms with Gasteiger partial charge in [0.05, 0.1) is 59.5 Å². The SMILES string of the molecule is NC(=O)CC[C@H](N)COCc1ccc(CCOCCOCCOCCOCC(N)=O)cc1. The summed E-state index contributed by atoms with van der Waals surface area (Å²) in [6.45, 7) is 4.05. The first kappa shape index (κ1) is 28.0. The van der Waals surface area contributed by atoms with E-state index >= 15 is 0 Å². The number of hydrogen-bond acceptors (Lipinski definition) is 8. The summed E-state index contributed by atoms with van der Waals surface area (Å²) in [6.07, 6.45) is 1.62. The zero-order valence-corrected chi connectivity index (χ0v) is 18.7. The predicted molar refractivity (Wildman–Crippen MR) is 119 cm³/mol. The second kappa shape index (κ2) is 18.5. The van der Waals surface area contributed by atoms with Crippen molar-refractivity contribution in [1.29, 1.82) is 0 Å². The van der Waals surface area contributed by atoms with Gasteiger partial charge < -0.3 is 40.9 Å². The van der Waals surface area contributed by atoms with Gasteiger partial charge >= 0.3 is 0 Å². The molecule has 10 nitrogen and oxygen atoms in total. The van der Waals surface area contributed by atoms with E-state index in [0.717, 1.165) is 12.0 Å². The highest BCUT2D eigenvalue weighted by atomic mass is 16.6. The van der Waals surface area contributed by atoms with Crippen LogP contribution < -0.4 is 17.2 Å². The lowest BCUT2D eigenvalue weighted by Gasteiger charge is -2.11. The van der Waals surface area contributed by atoms with E-state index in [4.69, 9.17) is 40.9 Å². The third kappa shape index (κ3) is 16.6. The van der Waals surface area contributed by atoms with Gasteiger partial charge in [-0.2, -0.15) is 0 Å². The van der Waals surface area contributed by atoms with Crippen LogP contribution in [0.25, 0.3) is 0 Å². The summed E-state index contributed by atoms with van der Waals surface area (Å²) in [7, 11) is 0. The van der Waals surface area contributed by atoms with Crippen molar-refractivity contribution >= 4 is 11.8 Å². The minimum atomic E-state index is -0.493. The smallest absolute Gasteiger partial charge is 0.243 e. The van der Waals surface area contributed by atoms with Crippen LogP contribution >= 0.6 is 0 Å². The zero-order chi connectivity index (χ0) is 23.4. The lowest BCUT2D eigenvalue weighted by atomic mass is 10.1. The van der Waals surface area contributed by atoms with Gasteiger partial charge in [0.1, 0.15) is 6.61 Å². The van der Waals surface area contributed by atoms with Crippen LogP contribution in [0.15, 0.2) is 24.3 Å². The van der Waals surface area contributed by atoms with Crippen LogP contribution in [-0.4, -0.2) is 77.3 Å². The highest BCUT2D eigenvalue weighted by molar-refractivity contribution is 5.75. The van der Waals surface area contributed by atoms with Gasteiger partial charge in [-0.25, -0.2) is 0 Å². The van der Waals surface area contributed by atoms with Crippen molar-refractivity contribution in [3.05, 3.63) is 35.4 Å². The number of nitrogens with two attached hydrogens (primary N) is 3. The average molecular weight is 456 g/mol. The second-order valence-electron chi connectivity index (χ2n) is 7.20. The summed E-state index contributed by atoms with van der Waals surface area (Å²) in [5, 5.41) is 0. The standard InChI is InChI=1S/C22H37N3O7/c23-20(5-6-21(24)26)16-32-15-19-3-1-18(2-4-19)7-8-28-9-10-29-11-12-30-13-14-31-17-22(25)27/h1-4,20H,5-17,23H2,(H2,24,26)(H2,25,27)/t20-/m0/s1. The maximum atomic E-state index is 10.7. The van der Waals surface area contributed by atoms with E-state index in [2.05, 4.69) is 12.1 Å². The van der Waals surface area contributed by atoms with E-state index in [1.165, 1.54) is 5.56 Å². The van der Waals surface area contributed by atoms with Crippen molar-refractivity contribution in [2.45, 2.75) is 31.9 Å². The van der Waals surface area contributed by atoms with Gasteiger partial charge in [-0.3, -0.25) is 9.59 Å². The number of carbonyl (C=O) groups excluding carboxylic acids is 2. The van der Waals surface area contributed by atoms with Crippen molar-refractivity contribution in [3.63, 3.8) is 0 Å². The molecule has 0 aliphatic rings. The highest BCUT2D eigenvalue weighted by Crippen LogP contribution is 2.07. The molecule has 1 atom stereocenters. The first-order chi connectivity index (χ1) is 15.5. The molecule has 0 saturated heterocycles. The Morgan fingerprint density at radius 2 is 1.25 bits per heavy atom. The summed E-state index contributed by atoms with van der Waals surface area (Å²) in [6, 6.07) is 7.95. The number of primary amides is 2. The van der Waals surface area contributed by atoms with Crippen LogP contribution in [0.5, 0.6) is 0 Å². The van der Waals surface area contributed by atoms with Crippen LogP contribution in [-0.2, 0) is 46.3 Å². The van der Waals surface area contributed by atoms with Gasteiger partial charge in [-0.05, 0) is 24.0 Å². The minimum Gasteiger partial charge on any atom is -0.379 e. The number of rotatable bonds is 21. The number of hydrogen-bond donors (Lipinski definition) is 3. The fourth-order valence-corrected chi connectivity index (χ4v) is 2.56. The number of carbonyl (C=O) groups is 2. The topological polar surface area (TPSA) is 158 Å². The average Bonchev–Trinajstić information content (AvgIpc) is 2.76. The summed E-state index contributed by atoms with van der Waals surface area (Å²) in [4.78, 5) is 21.2. The summed E-state index contributed by atoms with van der Waals surface area (Å²) in [5.74, 6) is -0.841. The summed E-state index contributed by atoms with van der Waals surface area (Å²) < 4.78 is 26.8. The second-order valence-corrected chi connectivity index (χ2v) is 7.20. The van der Waals surface area contributed by atoms with Crippen molar-refractivity contribution in [2.75, 3.05) is 59.5 Å². The van der Waals surface area contributed by atoms with Gasteiger partial charge in [0.2, 0.25) is 11.8 Å². The van der Waals surface area contributed by atoms with Crippen LogP contribution in [0.2, 0.25) is 0 Å². The molecule has 0 fully saturated rings. The third-order valence-electron chi connectivity index (χ3n) is 4.28. The minimum absolute atomic E-state index is 0.0915. The quantitative estimate of drug-likeness (QED) is 0.217. The molecule has 2 amide bonds. The van der Waals surface area contributed by atoms with E-state index in [-0.39, 0.29) is 25.0 Å². The largest absolute Gasteiger partial charge is 0.379 e. The fourth-order valence-electron chi connectivity index (χ4n) is 2.56. The van der Waals surface area contributed by atoms with Gasteiger partial charge in [-0.1, -0.05) is 24.3 Å². The van der Waals surface area contributed by atoms with Crippen LogP contribution in [0.3, 0.4) is 0 Å². The molecule has 0 bridgehead atoms. The third-order valence-corrected chi connectivity index (χ3v) is 4.28. The first-order valence-corrected chi connectivity index (χ1v) is 10.8. The Morgan fingerprint density at radius 3 is 1.81 bits per heavy atom. The van der Waals surface area contributed by atoms with Gasteiger partial charge in [0.25, 0.3) is 0 Å². The molecule has 0 heterocycles. The Balaban J connectivity index is 1.95. The molecular weight excluding hydrogens is 418 g/mol. The predicted octanol–water partition coefficient (Wildman–Crippen LogP) is -0.110. The first-order valence-electron chi connectivity index (χ1n) is 10.8. The normalized spacial score (nSPS) is 12.0. The Labute approximate surface area is 189 Å². The molecule has 1 aromatic carbocycles. The van der Waals surface area contributed by atoms with E-state index in [1.54, 1.807) is 0 Å². The molecule has 32 heavy (non-hydrogen) atoms. The molecule has 0 saturated carbocycles. The number of amides is 2. The molecule has 0 aliphatic carbocycles. The van der Waals surface area contributed by atoms with Crippen molar-refractivity contribution in [3.8, 4) is 0 Å². The highest BCUT2D eigenvalue weighted by Gasteiger charge is 2.05. The van der Waals surface area contributed by atoms with Gasteiger partial charge in [-0.15, -0.1) is 0 Å². The lowest BCUT2D eigenvalue weighted by molar-refractivity contribution is -0.123. The van der Waals surface area contributed by atoms with Gasteiger partial charge in [0, 0.05) is 12.5 Å². The number of ether oxygens (including phenoxy) is 5. The molecule has 0 aromatic heterocycles. The molecule has 0 radical (unpaired) electrons. The summed E-state index contributed by atoms with van der Waals surface area (Å²) >= 11 is 0. The molecule has 1 rings (SSSR count). The van der Waals surface area contributed by atoms with E-state index in [1.807, 2.05) is 12.1 Å². The molecule has 0 spiro atoms. The monoisotopic (exact) mass is 455 g/mol. The Hall–Kier alpha value is -2.08. The molecule has 10 heteroatoms. The lowest BCUT2D eigenvalue weighted by Crippen LogP contribution is -2.28. The van der Waals surface area contributed by atoms with Crippen LogP contribution in [0, 0.1) is 0 Å². The maximum absolute atomic E-state index is 10.7. The molecule has 1 aromatic rings. The molecule has 182 valence electrons. The van der Waals surface area contributed by atoms with Crippen LogP contribution in [0.4, 0.5) is 0 Å². The molecule has 6 N–H and O–H groups in total. The fraction of sp³-hybridized carbons (Fsp3) is 0.636. The maximum Gasteiger partial charge on any atom is 0.243 e. The van der Waals surface area contributed by atoms with E-state index in [0.29, 0.717) is 65.9 Å². The van der Waals surface area contributed by atoms with Crippen molar-refractivity contribution in [1.82, 2.24) is 0 Å². The Kier molecular flexibility index (Phi) is 16.1. The van der Waals surface area contributed by atoms with Crippen LogP contribution in [0.1, 0.15) is 24.0 Å². The van der Waals surface area contributed by atoms with Crippen molar-refractivity contribution in [2.24, 2.45) is 17.2 Å². The van der Waals surface area contributed by atoms with Crippen molar-refractivity contribution < 1.29 is 33.3 Å². The summed E-state index contributed by atoms with van der Waals surface area (Å²) in [5.41, 5.74) is 18.2. The van der Waals surface area contributed by atoms with E-state index in [9.17, 15) is 9.59 Å². The number of benzene rings is 1. The Bertz CT molecular complexity index is 628. The molecule has 0 aliphatic heterocycles.